The normalized spacial score (nSPS) is 17.4. The van der Waals surface area contributed by atoms with Crippen molar-refractivity contribution in [3.05, 3.63) is 29.8 Å². The topological polar surface area (TPSA) is 38.3 Å². The highest BCUT2D eigenvalue weighted by molar-refractivity contribution is 5.82. The van der Waals surface area contributed by atoms with E-state index in [-0.39, 0.29) is 12.0 Å². The summed E-state index contributed by atoms with van der Waals surface area (Å²) < 4.78 is 5.31. The Kier molecular flexibility index (Phi) is 4.24. The number of carbonyl (C=O) groups excluding carboxylic acids is 1. The van der Waals surface area contributed by atoms with Crippen LogP contribution >= 0.6 is 0 Å². The van der Waals surface area contributed by atoms with Gasteiger partial charge in [0.2, 0.25) is 0 Å². The summed E-state index contributed by atoms with van der Waals surface area (Å²) in [7, 11) is 0. The molecule has 1 aliphatic heterocycles. The van der Waals surface area contributed by atoms with Gasteiger partial charge in [-0.2, -0.15) is 0 Å². The Balaban J connectivity index is 1.76. The van der Waals surface area contributed by atoms with E-state index in [0.717, 1.165) is 24.9 Å². The number of para-hydroxylation sites is 1. The molecule has 1 aliphatic rings. The smallest absolute Gasteiger partial charge is 0.328 e. The van der Waals surface area contributed by atoms with Crippen molar-refractivity contribution in [1.29, 1.82) is 0 Å². The number of rotatable bonds is 5. The van der Waals surface area contributed by atoms with Gasteiger partial charge in [0.25, 0.3) is 0 Å². The number of nitrogens with one attached hydrogen (secondary N) is 1. The largest absolute Gasteiger partial charge is 0.464 e. The zero-order chi connectivity index (χ0) is 13.0. The van der Waals surface area contributed by atoms with Gasteiger partial charge >= 0.3 is 5.97 Å². The minimum atomic E-state index is -0.207. The Morgan fingerprint density at radius 2 is 2.22 bits per heavy atom. The number of fused-ring (bicyclic) bond motifs is 1. The van der Waals surface area contributed by atoms with E-state index >= 15 is 0 Å². The quantitative estimate of drug-likeness (QED) is 0.642. The molecule has 3 heteroatoms. The molecule has 0 aromatic heterocycles. The van der Waals surface area contributed by atoms with Gasteiger partial charge in [0.1, 0.15) is 6.04 Å². The van der Waals surface area contributed by atoms with Crippen molar-refractivity contribution in [1.82, 2.24) is 0 Å². The summed E-state index contributed by atoms with van der Waals surface area (Å²) in [4.78, 5) is 11.9. The van der Waals surface area contributed by atoms with E-state index in [1.165, 1.54) is 5.56 Å². The maximum atomic E-state index is 11.9. The maximum Gasteiger partial charge on any atom is 0.328 e. The van der Waals surface area contributed by atoms with Gasteiger partial charge in [-0.3, -0.25) is 0 Å². The van der Waals surface area contributed by atoms with Crippen LogP contribution in [0.15, 0.2) is 24.3 Å². The van der Waals surface area contributed by atoms with Crippen LogP contribution in [0.25, 0.3) is 0 Å². The van der Waals surface area contributed by atoms with Crippen molar-refractivity contribution < 1.29 is 9.53 Å². The van der Waals surface area contributed by atoms with Gasteiger partial charge in [-0.25, -0.2) is 4.79 Å². The highest BCUT2D eigenvalue weighted by Crippen LogP contribution is 2.25. The summed E-state index contributed by atoms with van der Waals surface area (Å²) >= 11 is 0. The van der Waals surface area contributed by atoms with Crippen molar-refractivity contribution in [3.63, 3.8) is 0 Å². The Morgan fingerprint density at radius 1 is 1.44 bits per heavy atom. The van der Waals surface area contributed by atoms with Gasteiger partial charge in [-0.05, 0) is 30.4 Å². The molecular weight excluding hydrogens is 226 g/mol. The fraction of sp³-hybridized carbons (Fsp3) is 0.533. The van der Waals surface area contributed by atoms with E-state index in [1.54, 1.807) is 0 Å². The number of anilines is 1. The van der Waals surface area contributed by atoms with Crippen LogP contribution in [0.2, 0.25) is 0 Å². The third kappa shape index (κ3) is 3.25. The molecule has 3 nitrogen and oxygen atoms in total. The molecule has 1 atom stereocenters. The first kappa shape index (κ1) is 12.9. The van der Waals surface area contributed by atoms with E-state index in [1.807, 2.05) is 24.3 Å². The lowest BCUT2D eigenvalue weighted by Gasteiger charge is -2.11. The van der Waals surface area contributed by atoms with Crippen LogP contribution in [-0.4, -0.2) is 18.6 Å². The van der Waals surface area contributed by atoms with E-state index in [0.29, 0.717) is 12.5 Å². The monoisotopic (exact) mass is 247 g/mol. The summed E-state index contributed by atoms with van der Waals surface area (Å²) in [5, 5.41) is 3.21. The first-order chi connectivity index (χ1) is 8.66. The number of hydrogen-bond acceptors (Lipinski definition) is 3. The summed E-state index contributed by atoms with van der Waals surface area (Å²) in [6.45, 7) is 4.89. The molecule has 0 saturated heterocycles. The standard InChI is InChI=1S/C15H21NO2/c1-11(2)6-5-9-18-15(17)14-10-12-7-3-4-8-13(12)16-14/h3-4,7-8,11,14,16H,5-6,9-10H2,1-2H3/t14-/m0/s1. The third-order valence-corrected chi connectivity index (χ3v) is 3.23. The Morgan fingerprint density at radius 3 is 2.94 bits per heavy atom. The van der Waals surface area contributed by atoms with Crippen LogP contribution in [0.3, 0.4) is 0 Å². The van der Waals surface area contributed by atoms with Gasteiger partial charge in [-0.1, -0.05) is 32.0 Å². The predicted molar refractivity (Wildman–Crippen MR) is 72.6 cm³/mol. The number of ether oxygens (including phenoxy) is 1. The van der Waals surface area contributed by atoms with Crippen molar-refractivity contribution in [2.24, 2.45) is 5.92 Å². The molecule has 0 radical (unpaired) electrons. The molecule has 0 aliphatic carbocycles. The fourth-order valence-electron chi connectivity index (χ4n) is 2.20. The molecule has 0 unspecified atom stereocenters. The Hall–Kier alpha value is -1.51. The molecule has 1 aromatic rings. The summed E-state index contributed by atoms with van der Waals surface area (Å²) in [6, 6.07) is 7.82. The number of carbonyl (C=O) groups is 1. The highest BCUT2D eigenvalue weighted by Gasteiger charge is 2.27. The number of benzene rings is 1. The van der Waals surface area contributed by atoms with Crippen LogP contribution in [0.1, 0.15) is 32.3 Å². The second kappa shape index (κ2) is 5.89. The lowest BCUT2D eigenvalue weighted by atomic mass is 10.1. The summed E-state index contributed by atoms with van der Waals surface area (Å²) in [6.07, 6.45) is 2.79. The lowest BCUT2D eigenvalue weighted by molar-refractivity contribution is -0.144. The first-order valence-corrected chi connectivity index (χ1v) is 6.68. The molecular formula is C15H21NO2. The zero-order valence-corrected chi connectivity index (χ0v) is 11.1. The van der Waals surface area contributed by atoms with Crippen LogP contribution in [0.5, 0.6) is 0 Å². The fourth-order valence-corrected chi connectivity index (χ4v) is 2.20. The van der Waals surface area contributed by atoms with Gasteiger partial charge in [-0.15, -0.1) is 0 Å². The molecule has 18 heavy (non-hydrogen) atoms. The molecule has 1 N–H and O–H groups in total. The van der Waals surface area contributed by atoms with Gasteiger partial charge in [0, 0.05) is 12.1 Å². The molecule has 1 heterocycles. The molecule has 0 bridgehead atoms. The van der Waals surface area contributed by atoms with Crippen LogP contribution in [0, 0.1) is 5.92 Å². The number of hydrogen-bond donors (Lipinski definition) is 1. The lowest BCUT2D eigenvalue weighted by Crippen LogP contribution is -2.29. The molecule has 0 fully saturated rings. The van der Waals surface area contributed by atoms with E-state index in [2.05, 4.69) is 19.2 Å². The van der Waals surface area contributed by atoms with Gasteiger partial charge in [0.15, 0.2) is 0 Å². The molecule has 98 valence electrons. The van der Waals surface area contributed by atoms with Crippen LogP contribution in [-0.2, 0) is 16.0 Å². The third-order valence-electron chi connectivity index (χ3n) is 3.23. The first-order valence-electron chi connectivity index (χ1n) is 6.68. The molecule has 1 aromatic carbocycles. The van der Waals surface area contributed by atoms with Crippen molar-refractivity contribution >= 4 is 11.7 Å². The Bertz CT molecular complexity index is 390. The molecule has 0 amide bonds. The second-order valence-electron chi connectivity index (χ2n) is 5.26. The Labute approximate surface area is 109 Å². The van der Waals surface area contributed by atoms with Crippen LogP contribution < -0.4 is 5.32 Å². The second-order valence-corrected chi connectivity index (χ2v) is 5.26. The zero-order valence-electron chi connectivity index (χ0n) is 11.1. The van der Waals surface area contributed by atoms with Gasteiger partial charge in [0.05, 0.1) is 6.61 Å². The van der Waals surface area contributed by atoms with E-state index < -0.39 is 0 Å². The molecule has 0 saturated carbocycles. The minimum absolute atomic E-state index is 0.130. The number of esters is 1. The highest BCUT2D eigenvalue weighted by atomic mass is 16.5. The van der Waals surface area contributed by atoms with Gasteiger partial charge < -0.3 is 10.1 Å². The van der Waals surface area contributed by atoms with Crippen molar-refractivity contribution in [2.45, 2.75) is 39.2 Å². The maximum absolute atomic E-state index is 11.9. The van der Waals surface area contributed by atoms with Crippen LogP contribution in [0.4, 0.5) is 5.69 Å². The molecule has 2 rings (SSSR count). The average molecular weight is 247 g/mol. The van der Waals surface area contributed by atoms with E-state index in [9.17, 15) is 4.79 Å². The van der Waals surface area contributed by atoms with Crippen molar-refractivity contribution in [2.75, 3.05) is 11.9 Å². The van der Waals surface area contributed by atoms with Crippen molar-refractivity contribution in [3.8, 4) is 0 Å². The predicted octanol–water partition coefficient (Wildman–Crippen LogP) is 3.00. The summed E-state index contributed by atoms with van der Waals surface area (Å²) in [5.74, 6) is 0.535. The van der Waals surface area contributed by atoms with E-state index in [4.69, 9.17) is 4.74 Å². The molecule has 0 spiro atoms. The minimum Gasteiger partial charge on any atom is -0.464 e. The SMILES string of the molecule is CC(C)CCCOC(=O)[C@@H]1Cc2ccccc2N1. The summed E-state index contributed by atoms with van der Waals surface area (Å²) in [5.41, 5.74) is 2.25. The average Bonchev–Trinajstić information content (AvgIpc) is 2.78.